The molecule has 1 unspecified atom stereocenters. The normalized spacial score (nSPS) is 16.6. The van der Waals surface area contributed by atoms with E-state index < -0.39 is 6.10 Å². The van der Waals surface area contributed by atoms with Crippen molar-refractivity contribution < 1.29 is 9.90 Å². The summed E-state index contributed by atoms with van der Waals surface area (Å²) in [6.45, 7) is 2.96. The molecule has 2 heterocycles. The number of imidazole rings is 1. The molecule has 3 rings (SSSR count). The van der Waals surface area contributed by atoms with Gasteiger partial charge < -0.3 is 14.6 Å². The largest absolute Gasteiger partial charge is 0.380 e. The van der Waals surface area contributed by atoms with Gasteiger partial charge in [-0.3, -0.25) is 9.78 Å². The van der Waals surface area contributed by atoms with Crippen molar-refractivity contribution in [2.45, 2.75) is 57.7 Å². The van der Waals surface area contributed by atoms with Gasteiger partial charge in [-0.1, -0.05) is 25.3 Å². The first kappa shape index (κ1) is 17.6. The monoisotopic (exact) mass is 342 g/mol. The van der Waals surface area contributed by atoms with Crippen molar-refractivity contribution in [2.24, 2.45) is 0 Å². The molecule has 25 heavy (non-hydrogen) atoms. The predicted molar refractivity (Wildman–Crippen MR) is 94.8 cm³/mol. The number of hydrogen-bond acceptors (Lipinski definition) is 4. The van der Waals surface area contributed by atoms with E-state index >= 15 is 0 Å². The van der Waals surface area contributed by atoms with Crippen molar-refractivity contribution in [1.29, 1.82) is 0 Å². The number of likely N-dealkylation sites (N-methyl/N-ethyl adjacent to an activating group) is 1. The third kappa shape index (κ3) is 4.07. The molecular weight excluding hydrogens is 316 g/mol. The van der Waals surface area contributed by atoms with Crippen LogP contribution in [0.1, 0.15) is 56.5 Å². The maximum atomic E-state index is 12.8. The molecule has 1 N–H and O–H groups in total. The molecule has 0 aliphatic heterocycles. The predicted octanol–water partition coefficient (Wildman–Crippen LogP) is 2.54. The Kier molecular flexibility index (Phi) is 5.81. The summed E-state index contributed by atoms with van der Waals surface area (Å²) >= 11 is 0. The molecule has 1 atom stereocenters. The summed E-state index contributed by atoms with van der Waals surface area (Å²) in [5.74, 6) is 0.563. The molecule has 134 valence electrons. The molecule has 1 aliphatic rings. The average Bonchev–Trinajstić information content (AvgIpc) is 3.11. The Morgan fingerprint density at radius 2 is 2.16 bits per heavy atom. The number of hydrogen-bond donors (Lipinski definition) is 1. The highest BCUT2D eigenvalue weighted by Gasteiger charge is 2.25. The topological polar surface area (TPSA) is 71.2 Å². The van der Waals surface area contributed by atoms with Crippen LogP contribution >= 0.6 is 0 Å². The Bertz CT molecular complexity index is 680. The second-order valence-electron chi connectivity index (χ2n) is 6.57. The molecule has 0 saturated heterocycles. The standard InChI is InChI=1S/C19H26N4O2/c1-2-23(16-8-4-3-5-9-16)17(24)14-22-12-11-21-19(22)18(25)15-7-6-10-20-13-15/h6-7,10-13,16,18,25H,2-5,8-9,14H2,1H3. The zero-order valence-electron chi connectivity index (χ0n) is 14.7. The van der Waals surface area contributed by atoms with Crippen LogP contribution < -0.4 is 0 Å². The summed E-state index contributed by atoms with van der Waals surface area (Å²) in [7, 11) is 0. The Hall–Kier alpha value is -2.21. The van der Waals surface area contributed by atoms with Crippen molar-refractivity contribution in [3.63, 3.8) is 0 Å². The van der Waals surface area contributed by atoms with Gasteiger partial charge in [-0.25, -0.2) is 4.98 Å². The second kappa shape index (κ2) is 8.25. The lowest BCUT2D eigenvalue weighted by atomic mass is 9.94. The number of aromatic nitrogens is 3. The first-order valence-corrected chi connectivity index (χ1v) is 9.09. The highest BCUT2D eigenvalue weighted by Crippen LogP contribution is 2.24. The first-order chi connectivity index (χ1) is 12.2. The number of aliphatic hydroxyl groups is 1. The zero-order chi connectivity index (χ0) is 17.6. The van der Waals surface area contributed by atoms with E-state index in [1.54, 1.807) is 41.5 Å². The van der Waals surface area contributed by atoms with Crippen LogP contribution in [0.4, 0.5) is 0 Å². The summed E-state index contributed by atoms with van der Waals surface area (Å²) in [5.41, 5.74) is 0.669. The molecule has 0 aromatic carbocycles. The number of carbonyl (C=O) groups is 1. The molecule has 2 aromatic heterocycles. The molecule has 1 aliphatic carbocycles. The van der Waals surface area contributed by atoms with Crippen molar-refractivity contribution in [1.82, 2.24) is 19.4 Å². The van der Waals surface area contributed by atoms with E-state index in [4.69, 9.17) is 0 Å². The van der Waals surface area contributed by atoms with Crippen LogP contribution in [-0.4, -0.2) is 43.0 Å². The number of aliphatic hydroxyl groups excluding tert-OH is 1. The highest BCUT2D eigenvalue weighted by molar-refractivity contribution is 5.76. The molecule has 6 heteroatoms. The van der Waals surface area contributed by atoms with Gasteiger partial charge in [-0.15, -0.1) is 0 Å². The highest BCUT2D eigenvalue weighted by atomic mass is 16.3. The van der Waals surface area contributed by atoms with Crippen LogP contribution in [0, 0.1) is 0 Å². The van der Waals surface area contributed by atoms with E-state index in [1.807, 2.05) is 11.8 Å². The molecule has 0 bridgehead atoms. The van der Waals surface area contributed by atoms with Crippen molar-refractivity contribution >= 4 is 5.91 Å². The first-order valence-electron chi connectivity index (χ1n) is 9.09. The van der Waals surface area contributed by atoms with Crippen LogP contribution in [0.2, 0.25) is 0 Å². The van der Waals surface area contributed by atoms with Crippen molar-refractivity contribution in [3.8, 4) is 0 Å². The fourth-order valence-electron chi connectivity index (χ4n) is 3.66. The van der Waals surface area contributed by atoms with Crippen LogP contribution in [0.5, 0.6) is 0 Å². The average molecular weight is 342 g/mol. The molecule has 1 amide bonds. The fraction of sp³-hybridized carbons (Fsp3) is 0.526. The lowest BCUT2D eigenvalue weighted by molar-refractivity contribution is -0.134. The van der Waals surface area contributed by atoms with E-state index in [-0.39, 0.29) is 12.5 Å². The molecule has 2 aromatic rings. The van der Waals surface area contributed by atoms with Gasteiger partial charge in [0.2, 0.25) is 5.91 Å². The van der Waals surface area contributed by atoms with Gasteiger partial charge in [0.1, 0.15) is 18.5 Å². The van der Waals surface area contributed by atoms with Gasteiger partial charge in [-0.05, 0) is 25.8 Å². The SMILES string of the molecule is CCN(C(=O)Cn1ccnc1C(O)c1cccnc1)C1CCCCC1. The van der Waals surface area contributed by atoms with Crippen LogP contribution in [-0.2, 0) is 11.3 Å². The van der Waals surface area contributed by atoms with E-state index in [0.29, 0.717) is 17.4 Å². The minimum absolute atomic E-state index is 0.0898. The maximum Gasteiger partial charge on any atom is 0.242 e. The maximum absolute atomic E-state index is 12.8. The van der Waals surface area contributed by atoms with Crippen LogP contribution in [0.3, 0.4) is 0 Å². The number of amides is 1. The van der Waals surface area contributed by atoms with Gasteiger partial charge >= 0.3 is 0 Å². The molecule has 0 spiro atoms. The van der Waals surface area contributed by atoms with Gasteiger partial charge in [0, 0.05) is 42.9 Å². The summed E-state index contributed by atoms with van der Waals surface area (Å²) in [4.78, 5) is 23.1. The van der Waals surface area contributed by atoms with E-state index in [1.165, 1.54) is 19.3 Å². The Labute approximate surface area is 148 Å². The minimum atomic E-state index is -0.888. The summed E-state index contributed by atoms with van der Waals surface area (Å²) in [6.07, 6.45) is 11.6. The van der Waals surface area contributed by atoms with Gasteiger partial charge in [0.25, 0.3) is 0 Å². The molecule has 6 nitrogen and oxygen atoms in total. The van der Waals surface area contributed by atoms with Gasteiger partial charge in [-0.2, -0.15) is 0 Å². The number of pyridine rings is 1. The molecule has 1 saturated carbocycles. The molecular formula is C19H26N4O2. The Morgan fingerprint density at radius 1 is 1.36 bits per heavy atom. The summed E-state index contributed by atoms with van der Waals surface area (Å²) in [6, 6.07) is 3.93. The third-order valence-corrected chi connectivity index (χ3v) is 4.97. The number of carbonyl (C=O) groups excluding carboxylic acids is 1. The number of rotatable bonds is 6. The fourth-order valence-corrected chi connectivity index (χ4v) is 3.66. The summed E-state index contributed by atoms with van der Waals surface area (Å²) in [5, 5.41) is 10.6. The van der Waals surface area contributed by atoms with E-state index in [9.17, 15) is 9.90 Å². The van der Waals surface area contributed by atoms with Crippen molar-refractivity contribution in [2.75, 3.05) is 6.54 Å². The number of nitrogens with zero attached hydrogens (tertiary/aromatic N) is 4. The lowest BCUT2D eigenvalue weighted by Gasteiger charge is -2.34. The summed E-state index contributed by atoms with van der Waals surface area (Å²) < 4.78 is 1.74. The smallest absolute Gasteiger partial charge is 0.242 e. The van der Waals surface area contributed by atoms with Gasteiger partial charge in [0.05, 0.1) is 0 Å². The van der Waals surface area contributed by atoms with Gasteiger partial charge in [0.15, 0.2) is 0 Å². The zero-order valence-corrected chi connectivity index (χ0v) is 14.7. The minimum Gasteiger partial charge on any atom is -0.380 e. The second-order valence-corrected chi connectivity index (χ2v) is 6.57. The Balaban J connectivity index is 1.72. The van der Waals surface area contributed by atoms with Crippen LogP contribution in [0.25, 0.3) is 0 Å². The molecule has 0 radical (unpaired) electrons. The van der Waals surface area contributed by atoms with E-state index in [0.717, 1.165) is 19.4 Å². The quantitative estimate of drug-likeness (QED) is 0.876. The lowest BCUT2D eigenvalue weighted by Crippen LogP contribution is -2.43. The van der Waals surface area contributed by atoms with Crippen molar-refractivity contribution in [3.05, 3.63) is 48.3 Å². The third-order valence-electron chi connectivity index (χ3n) is 4.97. The van der Waals surface area contributed by atoms with Crippen LogP contribution in [0.15, 0.2) is 36.9 Å². The molecule has 1 fully saturated rings. The van der Waals surface area contributed by atoms with E-state index in [2.05, 4.69) is 9.97 Å². The Morgan fingerprint density at radius 3 is 2.84 bits per heavy atom.